The van der Waals surface area contributed by atoms with Crippen molar-refractivity contribution >= 4 is 5.78 Å². The van der Waals surface area contributed by atoms with Gasteiger partial charge in [-0.2, -0.15) is 0 Å². The van der Waals surface area contributed by atoms with Crippen LogP contribution in [0.1, 0.15) is 86.0 Å². The molecule has 0 amide bonds. The number of hydrogen-bond acceptors (Lipinski definition) is 1. The first-order valence-electron chi connectivity index (χ1n) is 8.94. The molecule has 0 rings (SSSR count). The molecule has 0 aliphatic rings. The summed E-state index contributed by atoms with van der Waals surface area (Å²) in [6.07, 6.45) is 9.63. The summed E-state index contributed by atoms with van der Waals surface area (Å²) in [5.74, 6) is 0.412. The highest BCUT2D eigenvalue weighted by Gasteiger charge is 2.37. The van der Waals surface area contributed by atoms with Gasteiger partial charge in [0.15, 0.2) is 5.78 Å². The van der Waals surface area contributed by atoms with Gasteiger partial charge in [0.05, 0.1) is 19.6 Å². The lowest BCUT2D eigenvalue weighted by Crippen LogP contribution is -2.59. The molecule has 0 heterocycles. The highest BCUT2D eigenvalue weighted by atomic mass is 16.1. The largest absolute Gasteiger partial charge is 0.315 e. The Labute approximate surface area is 127 Å². The van der Waals surface area contributed by atoms with Crippen LogP contribution in [0.3, 0.4) is 0 Å². The molecule has 2 heteroatoms. The van der Waals surface area contributed by atoms with E-state index >= 15 is 0 Å². The molecule has 0 aromatic heterocycles. The highest BCUT2D eigenvalue weighted by Crippen LogP contribution is 2.24. The number of carbonyl (C=O) groups is 1. The standard InChI is InChI=1S/C18H38NO/c1-6-10-14-19(15-11-7-2,16-12-8-3)18(13-9-4)17(5)20/h18H,6-16H2,1-5H3/q+1. The van der Waals surface area contributed by atoms with E-state index < -0.39 is 0 Å². The maximum atomic E-state index is 12.3. The molecule has 2 nitrogen and oxygen atoms in total. The second-order valence-electron chi connectivity index (χ2n) is 6.37. The van der Waals surface area contributed by atoms with Gasteiger partial charge in [-0.3, -0.25) is 4.79 Å². The topological polar surface area (TPSA) is 17.1 Å². The lowest BCUT2D eigenvalue weighted by atomic mass is 9.99. The maximum absolute atomic E-state index is 12.3. The van der Waals surface area contributed by atoms with Gasteiger partial charge in [0, 0.05) is 13.3 Å². The SMILES string of the molecule is CCCC[N+](CCCC)(CCCC)C(CCC)C(C)=O. The van der Waals surface area contributed by atoms with Gasteiger partial charge in [0.1, 0.15) is 6.04 Å². The van der Waals surface area contributed by atoms with Crippen molar-refractivity contribution in [2.75, 3.05) is 19.6 Å². The molecule has 0 spiro atoms. The molecular weight excluding hydrogens is 246 g/mol. The van der Waals surface area contributed by atoms with E-state index in [4.69, 9.17) is 0 Å². The normalized spacial score (nSPS) is 13.4. The van der Waals surface area contributed by atoms with Gasteiger partial charge in [0.25, 0.3) is 0 Å². The molecule has 0 saturated heterocycles. The van der Waals surface area contributed by atoms with Crippen molar-refractivity contribution < 1.29 is 9.28 Å². The predicted octanol–water partition coefficient (Wildman–Crippen LogP) is 4.96. The second-order valence-corrected chi connectivity index (χ2v) is 6.37. The Hall–Kier alpha value is -0.370. The molecule has 0 fully saturated rings. The van der Waals surface area contributed by atoms with Crippen molar-refractivity contribution in [3.63, 3.8) is 0 Å². The molecule has 120 valence electrons. The average molecular weight is 285 g/mol. The fourth-order valence-corrected chi connectivity index (χ4v) is 3.36. The van der Waals surface area contributed by atoms with Crippen LogP contribution >= 0.6 is 0 Å². The Kier molecular flexibility index (Phi) is 11.1. The summed E-state index contributed by atoms with van der Waals surface area (Å²) in [5, 5.41) is 0. The van der Waals surface area contributed by atoms with Gasteiger partial charge < -0.3 is 4.48 Å². The summed E-state index contributed by atoms with van der Waals surface area (Å²) < 4.78 is 1.07. The third-order valence-corrected chi connectivity index (χ3v) is 4.56. The van der Waals surface area contributed by atoms with E-state index in [0.717, 1.165) is 17.3 Å². The van der Waals surface area contributed by atoms with Crippen LogP contribution in [-0.2, 0) is 4.79 Å². The van der Waals surface area contributed by atoms with Crippen molar-refractivity contribution in [2.45, 2.75) is 92.0 Å². The zero-order valence-corrected chi connectivity index (χ0v) is 14.7. The van der Waals surface area contributed by atoms with Crippen LogP contribution in [-0.4, -0.2) is 35.9 Å². The fraction of sp³-hybridized carbons (Fsp3) is 0.944. The van der Waals surface area contributed by atoms with Crippen LogP contribution in [0.2, 0.25) is 0 Å². The van der Waals surface area contributed by atoms with Crippen LogP contribution in [0.25, 0.3) is 0 Å². The summed E-state index contributed by atoms with van der Waals surface area (Å²) in [6.45, 7) is 14.4. The molecular formula is C18H38NO+. The minimum absolute atomic E-state index is 0.240. The van der Waals surface area contributed by atoms with Gasteiger partial charge >= 0.3 is 0 Å². The molecule has 20 heavy (non-hydrogen) atoms. The van der Waals surface area contributed by atoms with Gasteiger partial charge in [-0.25, -0.2) is 0 Å². The molecule has 0 aliphatic heterocycles. The van der Waals surface area contributed by atoms with Gasteiger partial charge in [-0.15, -0.1) is 0 Å². The summed E-state index contributed by atoms with van der Waals surface area (Å²) in [5.41, 5.74) is 0. The molecule has 0 aromatic rings. The molecule has 0 N–H and O–H groups in total. The Bertz CT molecular complexity index is 228. The number of hydrogen-bond donors (Lipinski definition) is 0. The molecule has 1 unspecified atom stereocenters. The number of unbranched alkanes of at least 4 members (excludes halogenated alkanes) is 3. The van der Waals surface area contributed by atoms with Crippen molar-refractivity contribution in [1.82, 2.24) is 0 Å². The monoisotopic (exact) mass is 284 g/mol. The van der Waals surface area contributed by atoms with Crippen molar-refractivity contribution in [1.29, 1.82) is 0 Å². The quantitative estimate of drug-likeness (QED) is 0.437. The van der Waals surface area contributed by atoms with Crippen LogP contribution in [0.4, 0.5) is 0 Å². The Morgan fingerprint density at radius 3 is 1.45 bits per heavy atom. The van der Waals surface area contributed by atoms with Crippen molar-refractivity contribution in [3.05, 3.63) is 0 Å². The third-order valence-electron chi connectivity index (χ3n) is 4.56. The molecule has 0 aliphatic carbocycles. The summed E-state index contributed by atoms with van der Waals surface area (Å²) in [6, 6.07) is 0.240. The first-order valence-corrected chi connectivity index (χ1v) is 8.94. The number of rotatable bonds is 13. The fourth-order valence-electron chi connectivity index (χ4n) is 3.36. The first kappa shape index (κ1) is 19.6. The van der Waals surface area contributed by atoms with Gasteiger partial charge in [-0.05, 0) is 19.3 Å². The van der Waals surface area contributed by atoms with E-state index in [1.54, 1.807) is 0 Å². The van der Waals surface area contributed by atoms with Crippen LogP contribution in [0.5, 0.6) is 0 Å². The Morgan fingerprint density at radius 1 is 0.800 bits per heavy atom. The zero-order chi connectivity index (χ0) is 15.4. The Morgan fingerprint density at radius 2 is 1.20 bits per heavy atom. The molecule has 0 bridgehead atoms. The summed E-state index contributed by atoms with van der Waals surface area (Å²) >= 11 is 0. The van der Waals surface area contributed by atoms with E-state index in [1.165, 1.54) is 58.2 Å². The highest BCUT2D eigenvalue weighted by molar-refractivity contribution is 5.80. The lowest BCUT2D eigenvalue weighted by Gasteiger charge is -2.44. The number of carbonyl (C=O) groups excluding carboxylic acids is 1. The van der Waals surface area contributed by atoms with E-state index in [9.17, 15) is 4.79 Å². The summed E-state index contributed by atoms with van der Waals surface area (Å²) in [7, 11) is 0. The van der Waals surface area contributed by atoms with Gasteiger partial charge in [-0.1, -0.05) is 53.4 Å². The second kappa shape index (κ2) is 11.3. The number of Topliss-reactive ketones (excluding diaryl/α,β-unsaturated/α-hetero) is 1. The average Bonchev–Trinajstić information content (AvgIpc) is 2.44. The minimum atomic E-state index is 0.240. The predicted molar refractivity (Wildman–Crippen MR) is 89.0 cm³/mol. The van der Waals surface area contributed by atoms with Gasteiger partial charge in [0.2, 0.25) is 0 Å². The maximum Gasteiger partial charge on any atom is 0.186 e. The lowest BCUT2D eigenvalue weighted by molar-refractivity contribution is -0.943. The smallest absolute Gasteiger partial charge is 0.186 e. The van der Waals surface area contributed by atoms with Crippen molar-refractivity contribution in [3.8, 4) is 0 Å². The summed E-state index contributed by atoms with van der Waals surface area (Å²) in [4.78, 5) is 12.3. The zero-order valence-electron chi connectivity index (χ0n) is 14.7. The molecule has 0 radical (unpaired) electrons. The number of nitrogens with zero attached hydrogens (tertiary/aromatic N) is 1. The van der Waals surface area contributed by atoms with Crippen LogP contribution in [0.15, 0.2) is 0 Å². The van der Waals surface area contributed by atoms with E-state index in [0.29, 0.717) is 5.78 Å². The minimum Gasteiger partial charge on any atom is -0.315 e. The molecule has 1 atom stereocenters. The third kappa shape index (κ3) is 6.39. The molecule has 0 saturated carbocycles. The van der Waals surface area contributed by atoms with Crippen LogP contribution < -0.4 is 0 Å². The van der Waals surface area contributed by atoms with Crippen molar-refractivity contribution in [2.24, 2.45) is 0 Å². The van der Waals surface area contributed by atoms with E-state index in [1.807, 2.05) is 6.92 Å². The van der Waals surface area contributed by atoms with E-state index in [2.05, 4.69) is 27.7 Å². The number of ketones is 1. The first-order chi connectivity index (χ1) is 9.57. The molecule has 0 aromatic carbocycles. The Balaban J connectivity index is 5.20. The van der Waals surface area contributed by atoms with E-state index in [-0.39, 0.29) is 6.04 Å². The van der Waals surface area contributed by atoms with Crippen LogP contribution in [0, 0.1) is 0 Å². The number of quaternary nitrogens is 1.